The minimum Gasteiger partial charge on any atom is -0.383 e. The number of hydrogen-bond acceptors (Lipinski definition) is 4. The van der Waals surface area contributed by atoms with Crippen molar-refractivity contribution < 1.29 is 9.84 Å². The van der Waals surface area contributed by atoms with Gasteiger partial charge in [0.15, 0.2) is 0 Å². The van der Waals surface area contributed by atoms with E-state index >= 15 is 0 Å². The highest BCUT2D eigenvalue weighted by Crippen LogP contribution is 2.41. The van der Waals surface area contributed by atoms with Gasteiger partial charge in [-0.15, -0.1) is 0 Å². The van der Waals surface area contributed by atoms with Gasteiger partial charge in [-0.25, -0.2) is 4.98 Å². The molecule has 3 aromatic rings. The third kappa shape index (κ3) is 2.63. The second-order valence-electron chi connectivity index (χ2n) is 7.51. The van der Waals surface area contributed by atoms with E-state index in [-0.39, 0.29) is 12.1 Å². The first-order chi connectivity index (χ1) is 12.7. The fraction of sp³-hybridized carbons (Fsp3) is 0.381. The average Bonchev–Trinajstić information content (AvgIpc) is 3.12. The first kappa shape index (κ1) is 16.0. The molecule has 0 amide bonds. The highest BCUT2D eigenvalue weighted by molar-refractivity contribution is 5.41. The van der Waals surface area contributed by atoms with Crippen LogP contribution in [0.3, 0.4) is 0 Å². The summed E-state index contributed by atoms with van der Waals surface area (Å²) < 4.78 is 7.85. The first-order valence-electron chi connectivity index (χ1n) is 9.25. The Morgan fingerprint density at radius 1 is 1.04 bits per heavy atom. The number of morpholine rings is 1. The zero-order chi connectivity index (χ0) is 17.6. The lowest BCUT2D eigenvalue weighted by molar-refractivity contribution is -0.151. The molecule has 26 heavy (non-hydrogen) atoms. The molecular weight excluding hydrogens is 326 g/mol. The number of imidazole rings is 1. The molecule has 1 aromatic carbocycles. The van der Waals surface area contributed by atoms with Crippen LogP contribution in [0.5, 0.6) is 0 Å². The van der Waals surface area contributed by atoms with Crippen molar-refractivity contribution in [2.75, 3.05) is 13.2 Å². The van der Waals surface area contributed by atoms with Gasteiger partial charge in [-0.3, -0.25) is 4.90 Å². The van der Waals surface area contributed by atoms with Crippen LogP contribution in [0.1, 0.15) is 24.1 Å². The maximum atomic E-state index is 11.6. The highest BCUT2D eigenvalue weighted by atomic mass is 16.5. The van der Waals surface area contributed by atoms with Gasteiger partial charge in [0.25, 0.3) is 0 Å². The monoisotopic (exact) mass is 349 g/mol. The summed E-state index contributed by atoms with van der Waals surface area (Å²) in [6.45, 7) is 2.25. The van der Waals surface area contributed by atoms with Gasteiger partial charge in [-0.05, 0) is 30.5 Å². The molecule has 4 heterocycles. The molecule has 134 valence electrons. The van der Waals surface area contributed by atoms with E-state index in [0.29, 0.717) is 26.1 Å². The predicted octanol–water partition coefficient (Wildman–Crippen LogP) is 2.59. The summed E-state index contributed by atoms with van der Waals surface area (Å²) in [6, 6.07) is 17.0. The number of nitrogens with zero attached hydrogens (tertiary/aromatic N) is 3. The topological polar surface area (TPSA) is 50.0 Å². The Balaban J connectivity index is 1.47. The molecule has 0 aliphatic carbocycles. The smallest absolute Gasteiger partial charge is 0.136 e. The lowest BCUT2D eigenvalue weighted by Gasteiger charge is -2.51. The van der Waals surface area contributed by atoms with Crippen molar-refractivity contribution in [3.8, 4) is 0 Å². The van der Waals surface area contributed by atoms with Crippen LogP contribution in [0.2, 0.25) is 0 Å². The van der Waals surface area contributed by atoms with Gasteiger partial charge in [0.1, 0.15) is 11.2 Å². The third-order valence-electron chi connectivity index (χ3n) is 5.82. The van der Waals surface area contributed by atoms with E-state index in [1.54, 1.807) is 6.20 Å². The number of benzene rings is 1. The van der Waals surface area contributed by atoms with Crippen molar-refractivity contribution in [2.45, 2.75) is 37.1 Å². The minimum atomic E-state index is -0.855. The molecule has 2 aromatic heterocycles. The number of hydrogen-bond donors (Lipinski definition) is 1. The van der Waals surface area contributed by atoms with E-state index in [4.69, 9.17) is 4.74 Å². The maximum absolute atomic E-state index is 11.6. The van der Waals surface area contributed by atoms with Crippen molar-refractivity contribution in [1.82, 2.24) is 14.3 Å². The Kier molecular flexibility index (Phi) is 3.81. The summed E-state index contributed by atoms with van der Waals surface area (Å²) >= 11 is 0. The van der Waals surface area contributed by atoms with Crippen molar-refractivity contribution in [3.05, 3.63) is 72.2 Å². The van der Waals surface area contributed by atoms with E-state index in [1.807, 2.05) is 34.9 Å². The molecule has 2 unspecified atom stereocenters. The van der Waals surface area contributed by atoms with E-state index in [2.05, 4.69) is 34.1 Å². The zero-order valence-electron chi connectivity index (χ0n) is 14.7. The molecule has 5 nitrogen and oxygen atoms in total. The van der Waals surface area contributed by atoms with E-state index in [1.165, 1.54) is 5.56 Å². The van der Waals surface area contributed by atoms with Crippen LogP contribution in [-0.2, 0) is 16.9 Å². The molecular formula is C21H23N3O2. The summed E-state index contributed by atoms with van der Waals surface area (Å²) in [5.41, 5.74) is 2.27. The van der Waals surface area contributed by atoms with E-state index in [0.717, 1.165) is 17.9 Å². The molecule has 2 aliphatic rings. The number of ether oxygens (including phenoxy) is 1. The fourth-order valence-electron chi connectivity index (χ4n) is 4.63. The quantitative estimate of drug-likeness (QED) is 0.790. The summed E-state index contributed by atoms with van der Waals surface area (Å²) in [6.07, 6.45) is 5.07. The lowest BCUT2D eigenvalue weighted by atomic mass is 9.78. The van der Waals surface area contributed by atoms with Crippen LogP contribution >= 0.6 is 0 Å². The van der Waals surface area contributed by atoms with Crippen molar-refractivity contribution in [3.63, 3.8) is 0 Å². The molecule has 1 N–H and O–H groups in total. The van der Waals surface area contributed by atoms with Gasteiger partial charge in [0, 0.05) is 31.0 Å². The Morgan fingerprint density at radius 3 is 2.58 bits per heavy atom. The Labute approximate surface area is 152 Å². The summed E-state index contributed by atoms with van der Waals surface area (Å²) in [7, 11) is 0. The van der Waals surface area contributed by atoms with Gasteiger partial charge in [-0.2, -0.15) is 0 Å². The summed E-state index contributed by atoms with van der Waals surface area (Å²) in [4.78, 5) is 6.88. The molecule has 0 radical (unpaired) electrons. The fourth-order valence-corrected chi connectivity index (χ4v) is 4.63. The van der Waals surface area contributed by atoms with Crippen LogP contribution in [-0.4, -0.2) is 44.7 Å². The normalized spacial score (nSPS) is 29.1. The van der Waals surface area contributed by atoms with Gasteiger partial charge < -0.3 is 14.2 Å². The molecule has 2 fully saturated rings. The molecule has 5 rings (SSSR count). The largest absolute Gasteiger partial charge is 0.383 e. The molecule has 0 saturated carbocycles. The summed E-state index contributed by atoms with van der Waals surface area (Å²) in [5.74, 6) is 0. The van der Waals surface area contributed by atoms with Gasteiger partial charge in [0.2, 0.25) is 0 Å². The van der Waals surface area contributed by atoms with Crippen molar-refractivity contribution >= 4 is 5.65 Å². The number of pyridine rings is 1. The van der Waals surface area contributed by atoms with Crippen LogP contribution in [0.25, 0.3) is 5.65 Å². The number of rotatable bonds is 3. The molecule has 2 saturated heterocycles. The predicted molar refractivity (Wildman–Crippen MR) is 98.7 cm³/mol. The van der Waals surface area contributed by atoms with Crippen LogP contribution < -0.4 is 0 Å². The number of piperidine rings is 1. The molecule has 0 spiro atoms. The van der Waals surface area contributed by atoms with E-state index < -0.39 is 5.60 Å². The number of fused-ring (bicyclic) bond motifs is 3. The number of aromatic nitrogens is 2. The Bertz CT molecular complexity index is 894. The second-order valence-corrected chi connectivity index (χ2v) is 7.51. The van der Waals surface area contributed by atoms with Gasteiger partial charge in [-0.1, -0.05) is 36.4 Å². The standard InChI is InChI=1S/C21H23N3O2/c25-21(19-7-4-8-20-22-9-10-23(19)20)11-17-14-26-15-18(12-21)24(17)13-16-5-2-1-3-6-16/h1-10,17-18,25H,11-15H2. The molecule has 2 atom stereocenters. The molecule has 5 heteroatoms. The van der Waals surface area contributed by atoms with Crippen molar-refractivity contribution in [1.29, 1.82) is 0 Å². The number of aliphatic hydroxyl groups is 1. The SMILES string of the molecule is OC1(c2cccc3nccn23)CC2COCC(C1)N2Cc1ccccc1. The minimum absolute atomic E-state index is 0.214. The maximum Gasteiger partial charge on any atom is 0.136 e. The van der Waals surface area contributed by atoms with E-state index in [9.17, 15) is 5.11 Å². The Hall–Kier alpha value is -2.21. The lowest BCUT2D eigenvalue weighted by Crippen LogP contribution is -2.60. The van der Waals surface area contributed by atoms with Gasteiger partial charge in [0.05, 0.1) is 18.9 Å². The molecule has 2 aliphatic heterocycles. The van der Waals surface area contributed by atoms with Crippen LogP contribution in [0, 0.1) is 0 Å². The first-order valence-corrected chi connectivity index (χ1v) is 9.25. The summed E-state index contributed by atoms with van der Waals surface area (Å²) in [5, 5.41) is 11.6. The van der Waals surface area contributed by atoms with Crippen LogP contribution in [0.4, 0.5) is 0 Å². The van der Waals surface area contributed by atoms with Crippen LogP contribution in [0.15, 0.2) is 60.9 Å². The second kappa shape index (κ2) is 6.20. The zero-order valence-corrected chi connectivity index (χ0v) is 14.7. The Morgan fingerprint density at radius 2 is 1.81 bits per heavy atom. The highest BCUT2D eigenvalue weighted by Gasteiger charge is 2.47. The third-order valence-corrected chi connectivity index (χ3v) is 5.82. The average molecular weight is 349 g/mol. The molecule has 2 bridgehead atoms. The van der Waals surface area contributed by atoms with Crippen molar-refractivity contribution in [2.24, 2.45) is 0 Å². The van der Waals surface area contributed by atoms with Gasteiger partial charge >= 0.3 is 0 Å².